The highest BCUT2D eigenvalue weighted by Gasteiger charge is 2.62. The molecule has 2 saturated heterocycles. The van der Waals surface area contributed by atoms with E-state index >= 15 is 0 Å². The molecule has 0 unspecified atom stereocenters. The lowest BCUT2D eigenvalue weighted by molar-refractivity contribution is -0.312. The van der Waals surface area contributed by atoms with Gasteiger partial charge in [-0.2, -0.15) is 0 Å². The fraction of sp³-hybridized carbons (Fsp3) is 0.385. The number of aliphatic carboxylic acids is 1. The van der Waals surface area contributed by atoms with Crippen molar-refractivity contribution in [1.29, 1.82) is 0 Å². The Morgan fingerprint density at radius 1 is 1.11 bits per heavy atom. The summed E-state index contributed by atoms with van der Waals surface area (Å²) in [5, 5.41) is 13.8. The summed E-state index contributed by atoms with van der Waals surface area (Å²) in [4.78, 5) is 52.3. The number of carboxylic acids is 1. The Kier molecular flexibility index (Phi) is 5.83. The number of benzene rings is 2. The Labute approximate surface area is 207 Å². The van der Waals surface area contributed by atoms with Gasteiger partial charge in [-0.15, -0.1) is 11.8 Å². The maximum Gasteiger partial charge on any atom is 0.328 e. The number of rotatable bonds is 6. The van der Waals surface area contributed by atoms with Gasteiger partial charge in [0.1, 0.15) is 17.2 Å². The number of carbonyl (C=O) groups excluding carboxylic acids is 4. The molecule has 0 saturated carbocycles. The molecule has 1 N–H and O–H groups in total. The number of hydrogen-bond acceptors (Lipinski definition) is 7. The van der Waals surface area contributed by atoms with E-state index in [0.717, 1.165) is 24.8 Å². The van der Waals surface area contributed by atoms with E-state index in [1.165, 1.54) is 22.2 Å². The van der Waals surface area contributed by atoms with Crippen LogP contribution in [-0.2, 0) is 32.0 Å². The molecule has 2 aromatic carbocycles. The molecule has 0 aromatic heterocycles. The number of hydrogen-bond donors (Lipinski definition) is 1. The second-order valence-electron chi connectivity index (χ2n) is 9.61. The van der Waals surface area contributed by atoms with Crippen LogP contribution in [0.4, 0.5) is 0 Å². The number of ether oxygens (including phenoxy) is 1. The maximum atomic E-state index is 13.4. The molecule has 2 amide bonds. The SMILES string of the molecule is CC1(C)S[C@@H]2[C@@H](NC(=O)[C@H](C(=O)Oc3ccc4c(c3)CCC4)c3ccccc3)C(=O)N2[C@H]1C(=O)[O-]. The van der Waals surface area contributed by atoms with Gasteiger partial charge in [0.15, 0.2) is 5.92 Å². The maximum absolute atomic E-state index is 13.4. The first-order valence-corrected chi connectivity index (χ1v) is 12.4. The van der Waals surface area contributed by atoms with Crippen LogP contribution in [0, 0.1) is 0 Å². The third-order valence-electron chi connectivity index (χ3n) is 6.88. The van der Waals surface area contributed by atoms with Gasteiger partial charge in [-0.25, -0.2) is 0 Å². The summed E-state index contributed by atoms with van der Waals surface area (Å²) < 4.78 is 4.85. The zero-order valence-corrected chi connectivity index (χ0v) is 20.2. The first-order chi connectivity index (χ1) is 16.7. The zero-order valence-electron chi connectivity index (χ0n) is 19.4. The van der Waals surface area contributed by atoms with E-state index in [-0.39, 0.29) is 0 Å². The molecule has 35 heavy (non-hydrogen) atoms. The van der Waals surface area contributed by atoms with Crippen LogP contribution < -0.4 is 15.2 Å². The van der Waals surface area contributed by atoms with Crippen LogP contribution in [0.1, 0.15) is 42.9 Å². The number of thioether (sulfide) groups is 1. The highest BCUT2D eigenvalue weighted by Crippen LogP contribution is 2.50. The minimum absolute atomic E-state index is 0.375. The largest absolute Gasteiger partial charge is 0.548 e. The zero-order chi connectivity index (χ0) is 24.9. The topological polar surface area (TPSA) is 116 Å². The summed E-state index contributed by atoms with van der Waals surface area (Å²) in [6.07, 6.45) is 2.98. The molecular formula is C26H25N2O6S-. The average molecular weight is 494 g/mol. The standard InChI is InChI=1S/C26H26N2O6S/c1-26(2)20(24(31)32)28-22(30)19(23(28)35-26)27-21(29)18(15-7-4-3-5-8-15)25(33)34-17-12-11-14-9-6-10-16(14)13-17/h3-5,7-8,11-13,18-20,23H,6,9-10H2,1-2H3,(H,27,29)(H,31,32)/p-1/t18-,19+,20+,23-/m1/s1. The minimum Gasteiger partial charge on any atom is -0.548 e. The van der Waals surface area contributed by atoms with Crippen molar-refractivity contribution >= 4 is 35.5 Å². The van der Waals surface area contributed by atoms with E-state index in [4.69, 9.17) is 4.74 Å². The van der Waals surface area contributed by atoms with Crippen LogP contribution in [0.25, 0.3) is 0 Å². The normalized spacial score (nSPS) is 24.7. The average Bonchev–Trinajstić information content (AvgIpc) is 3.38. The molecule has 1 aliphatic carbocycles. The van der Waals surface area contributed by atoms with Crippen LogP contribution in [-0.4, -0.2) is 50.9 Å². The van der Waals surface area contributed by atoms with Crippen molar-refractivity contribution < 1.29 is 29.0 Å². The van der Waals surface area contributed by atoms with Gasteiger partial charge in [0.2, 0.25) is 11.8 Å². The van der Waals surface area contributed by atoms with Crippen LogP contribution in [0.2, 0.25) is 0 Å². The number of aryl methyl sites for hydroxylation is 2. The van der Waals surface area contributed by atoms with Crippen LogP contribution in [0.3, 0.4) is 0 Å². The monoisotopic (exact) mass is 493 g/mol. The van der Waals surface area contributed by atoms with Crippen molar-refractivity contribution in [2.75, 3.05) is 0 Å². The summed E-state index contributed by atoms with van der Waals surface area (Å²) in [5.41, 5.74) is 2.81. The summed E-state index contributed by atoms with van der Waals surface area (Å²) >= 11 is 1.29. The number of carboxylic acid groups (broad SMARTS) is 1. The summed E-state index contributed by atoms with van der Waals surface area (Å²) in [6.45, 7) is 3.45. The van der Waals surface area contributed by atoms with Crippen molar-refractivity contribution in [3.05, 3.63) is 65.2 Å². The van der Waals surface area contributed by atoms with Crippen molar-refractivity contribution in [1.82, 2.24) is 10.2 Å². The van der Waals surface area contributed by atoms with Gasteiger partial charge in [0.05, 0.1) is 12.0 Å². The lowest BCUT2D eigenvalue weighted by Gasteiger charge is -2.45. The van der Waals surface area contributed by atoms with Crippen LogP contribution in [0.15, 0.2) is 48.5 Å². The molecule has 2 heterocycles. The molecule has 2 aromatic rings. The smallest absolute Gasteiger partial charge is 0.328 e. The summed E-state index contributed by atoms with van der Waals surface area (Å²) in [5.74, 6) is -4.17. The number of nitrogens with zero attached hydrogens (tertiary/aromatic N) is 1. The minimum atomic E-state index is -1.33. The van der Waals surface area contributed by atoms with E-state index in [9.17, 15) is 24.3 Å². The summed E-state index contributed by atoms with van der Waals surface area (Å²) in [7, 11) is 0. The van der Waals surface area contributed by atoms with Crippen molar-refractivity contribution in [3.8, 4) is 5.75 Å². The summed E-state index contributed by atoms with van der Waals surface area (Å²) in [6, 6.07) is 12.0. The molecular weight excluding hydrogens is 468 g/mol. The molecule has 8 nitrogen and oxygen atoms in total. The van der Waals surface area contributed by atoms with Gasteiger partial charge < -0.3 is 24.9 Å². The van der Waals surface area contributed by atoms with E-state index < -0.39 is 51.9 Å². The predicted octanol–water partition coefficient (Wildman–Crippen LogP) is 1.16. The van der Waals surface area contributed by atoms with Crippen molar-refractivity contribution in [2.24, 2.45) is 0 Å². The predicted molar refractivity (Wildman–Crippen MR) is 126 cm³/mol. The first kappa shape index (κ1) is 23.4. The molecule has 0 radical (unpaired) electrons. The third-order valence-corrected chi connectivity index (χ3v) is 8.45. The first-order valence-electron chi connectivity index (χ1n) is 11.6. The van der Waals surface area contributed by atoms with Crippen molar-refractivity contribution in [3.63, 3.8) is 0 Å². The van der Waals surface area contributed by atoms with Gasteiger partial charge in [0, 0.05) is 4.75 Å². The van der Waals surface area contributed by atoms with Gasteiger partial charge in [0.25, 0.3) is 0 Å². The van der Waals surface area contributed by atoms with Gasteiger partial charge in [-0.1, -0.05) is 36.4 Å². The lowest BCUT2D eigenvalue weighted by Crippen LogP contribution is -2.72. The molecule has 2 fully saturated rings. The second-order valence-corrected chi connectivity index (χ2v) is 11.4. The fourth-order valence-corrected chi connectivity index (χ4v) is 6.81. The highest BCUT2D eigenvalue weighted by atomic mass is 32.2. The van der Waals surface area contributed by atoms with E-state index in [2.05, 4.69) is 5.32 Å². The quantitative estimate of drug-likeness (QED) is 0.278. The van der Waals surface area contributed by atoms with Gasteiger partial charge in [-0.3, -0.25) is 14.4 Å². The molecule has 4 atom stereocenters. The Balaban J connectivity index is 1.35. The Morgan fingerprint density at radius 3 is 2.54 bits per heavy atom. The van der Waals surface area contributed by atoms with Crippen LogP contribution in [0.5, 0.6) is 5.75 Å². The van der Waals surface area contributed by atoms with E-state index in [0.29, 0.717) is 11.3 Å². The number of esters is 1. The van der Waals surface area contributed by atoms with Gasteiger partial charge in [-0.05, 0) is 61.9 Å². The molecule has 0 spiro atoms. The number of nitrogens with one attached hydrogen (secondary N) is 1. The van der Waals surface area contributed by atoms with E-state index in [1.807, 2.05) is 12.1 Å². The highest BCUT2D eigenvalue weighted by molar-refractivity contribution is 8.01. The second kappa shape index (κ2) is 8.71. The molecule has 182 valence electrons. The lowest BCUT2D eigenvalue weighted by atomic mass is 9.94. The third kappa shape index (κ3) is 4.07. The van der Waals surface area contributed by atoms with Crippen molar-refractivity contribution in [2.45, 2.75) is 61.2 Å². The Morgan fingerprint density at radius 2 is 1.83 bits per heavy atom. The Hall–Kier alpha value is -3.33. The fourth-order valence-electron chi connectivity index (χ4n) is 5.19. The van der Waals surface area contributed by atoms with E-state index in [1.54, 1.807) is 50.2 Å². The number of amides is 2. The molecule has 3 aliphatic rings. The Bertz CT molecular complexity index is 1210. The molecule has 9 heteroatoms. The number of fused-ring (bicyclic) bond motifs is 2. The molecule has 2 aliphatic heterocycles. The molecule has 5 rings (SSSR count). The molecule has 0 bridgehead atoms. The number of β-lactam (4-membered cyclic amide) rings is 1. The van der Waals surface area contributed by atoms with Gasteiger partial charge >= 0.3 is 5.97 Å². The number of carbonyl (C=O) groups is 4. The van der Waals surface area contributed by atoms with Crippen LogP contribution >= 0.6 is 11.8 Å².